The van der Waals surface area contributed by atoms with Crippen LogP contribution in [0.4, 0.5) is 8.78 Å². The number of hydrogen-bond acceptors (Lipinski definition) is 1. The molecule has 0 spiro atoms. The molecule has 2 N–H and O–H groups in total. The van der Waals surface area contributed by atoms with Gasteiger partial charge in [-0.15, -0.1) is 0 Å². The molecule has 0 radical (unpaired) electrons. The van der Waals surface area contributed by atoms with Crippen LogP contribution in [0.25, 0.3) is 0 Å². The lowest BCUT2D eigenvalue weighted by atomic mass is 9.77. The van der Waals surface area contributed by atoms with Crippen LogP contribution in [0.1, 0.15) is 68.0 Å². The Bertz CT molecular complexity index is 458. The van der Waals surface area contributed by atoms with Gasteiger partial charge < -0.3 is 5.73 Å². The van der Waals surface area contributed by atoms with Crippen molar-refractivity contribution in [2.45, 2.75) is 62.8 Å². The van der Waals surface area contributed by atoms with Crippen LogP contribution in [0.2, 0.25) is 0 Å². The third-order valence-corrected chi connectivity index (χ3v) is 5.14. The van der Waals surface area contributed by atoms with Gasteiger partial charge in [0, 0.05) is 18.9 Å². The fourth-order valence-corrected chi connectivity index (χ4v) is 3.46. The second kappa shape index (κ2) is 5.44. The molecule has 2 aliphatic carbocycles. The van der Waals surface area contributed by atoms with Crippen LogP contribution in [0.15, 0.2) is 24.3 Å². The molecule has 3 heteroatoms. The Labute approximate surface area is 119 Å². The van der Waals surface area contributed by atoms with E-state index in [1.165, 1.54) is 24.8 Å². The van der Waals surface area contributed by atoms with Crippen molar-refractivity contribution in [2.24, 2.45) is 11.7 Å². The molecule has 1 aromatic carbocycles. The molecule has 1 nitrogen and oxygen atoms in total. The quantitative estimate of drug-likeness (QED) is 0.846. The molecule has 0 aromatic heterocycles. The van der Waals surface area contributed by atoms with Gasteiger partial charge in [-0.05, 0) is 48.6 Å². The van der Waals surface area contributed by atoms with E-state index in [-0.39, 0.29) is 24.8 Å². The maximum absolute atomic E-state index is 13.2. The Balaban J connectivity index is 1.69. The monoisotopic (exact) mass is 279 g/mol. The summed E-state index contributed by atoms with van der Waals surface area (Å²) in [4.78, 5) is 0. The summed E-state index contributed by atoms with van der Waals surface area (Å²) in [5.41, 5.74) is 8.85. The summed E-state index contributed by atoms with van der Waals surface area (Å²) in [6.45, 7) is 0. The van der Waals surface area contributed by atoms with Gasteiger partial charge in [0.15, 0.2) is 0 Å². The van der Waals surface area contributed by atoms with Gasteiger partial charge in [-0.1, -0.05) is 30.7 Å². The van der Waals surface area contributed by atoms with Crippen molar-refractivity contribution in [3.8, 4) is 0 Å². The first-order chi connectivity index (χ1) is 9.55. The molecule has 2 aliphatic rings. The highest BCUT2D eigenvalue weighted by Gasteiger charge is 2.37. The molecule has 1 unspecified atom stereocenters. The molecule has 0 amide bonds. The maximum Gasteiger partial charge on any atom is 0.248 e. The largest absolute Gasteiger partial charge is 0.324 e. The van der Waals surface area contributed by atoms with E-state index >= 15 is 0 Å². The van der Waals surface area contributed by atoms with E-state index < -0.39 is 5.92 Å². The molecular formula is C17H23F2N. The van der Waals surface area contributed by atoms with E-state index in [1.54, 1.807) is 0 Å². The molecule has 1 atom stereocenters. The third-order valence-electron chi connectivity index (χ3n) is 5.14. The minimum absolute atomic E-state index is 0.00627. The van der Waals surface area contributed by atoms with Gasteiger partial charge in [-0.2, -0.15) is 0 Å². The highest BCUT2D eigenvalue weighted by Crippen LogP contribution is 2.42. The summed E-state index contributed by atoms with van der Waals surface area (Å²) < 4.78 is 26.5. The van der Waals surface area contributed by atoms with Crippen molar-refractivity contribution in [3.05, 3.63) is 35.4 Å². The Morgan fingerprint density at radius 3 is 2.40 bits per heavy atom. The Morgan fingerprint density at radius 2 is 1.80 bits per heavy atom. The minimum Gasteiger partial charge on any atom is -0.324 e. The standard InChI is InChI=1S/C17H23F2N/c18-17(19)9-7-13(8-10-17)16(20)15-6-2-5-14(11-15)12-3-1-4-12/h2,5-6,11-13,16H,1,3-4,7-10,20H2. The van der Waals surface area contributed by atoms with Gasteiger partial charge in [0.1, 0.15) is 0 Å². The van der Waals surface area contributed by atoms with Gasteiger partial charge in [-0.3, -0.25) is 0 Å². The van der Waals surface area contributed by atoms with Crippen LogP contribution in [-0.2, 0) is 0 Å². The average molecular weight is 279 g/mol. The Hall–Kier alpha value is -0.960. The molecule has 1 aromatic rings. The van der Waals surface area contributed by atoms with Crippen molar-refractivity contribution in [1.29, 1.82) is 0 Å². The van der Waals surface area contributed by atoms with Gasteiger partial charge >= 0.3 is 0 Å². The molecule has 0 aliphatic heterocycles. The zero-order chi connectivity index (χ0) is 14.2. The summed E-state index contributed by atoms with van der Waals surface area (Å²) >= 11 is 0. The molecule has 2 saturated carbocycles. The van der Waals surface area contributed by atoms with Gasteiger partial charge in [0.2, 0.25) is 5.92 Å². The zero-order valence-electron chi connectivity index (χ0n) is 11.8. The average Bonchev–Trinajstić information content (AvgIpc) is 2.36. The molecule has 20 heavy (non-hydrogen) atoms. The summed E-state index contributed by atoms with van der Waals surface area (Å²) in [5.74, 6) is -1.58. The summed E-state index contributed by atoms with van der Waals surface area (Å²) in [6.07, 6.45) is 4.94. The van der Waals surface area contributed by atoms with E-state index in [0.29, 0.717) is 18.8 Å². The highest BCUT2D eigenvalue weighted by atomic mass is 19.3. The highest BCUT2D eigenvalue weighted by molar-refractivity contribution is 5.30. The topological polar surface area (TPSA) is 26.0 Å². The normalized spacial score (nSPS) is 25.1. The molecule has 0 heterocycles. The summed E-state index contributed by atoms with van der Waals surface area (Å²) in [7, 11) is 0. The van der Waals surface area contributed by atoms with Crippen LogP contribution < -0.4 is 5.73 Å². The van der Waals surface area contributed by atoms with E-state index in [0.717, 1.165) is 5.56 Å². The van der Waals surface area contributed by atoms with Crippen molar-refractivity contribution < 1.29 is 8.78 Å². The SMILES string of the molecule is NC(c1cccc(C2CCC2)c1)C1CCC(F)(F)CC1. The minimum atomic E-state index is -2.47. The van der Waals surface area contributed by atoms with Crippen LogP contribution in [0.3, 0.4) is 0 Å². The van der Waals surface area contributed by atoms with Gasteiger partial charge in [0.05, 0.1) is 0 Å². The summed E-state index contributed by atoms with van der Waals surface area (Å²) in [5, 5.41) is 0. The Morgan fingerprint density at radius 1 is 1.10 bits per heavy atom. The number of alkyl halides is 2. The fraction of sp³-hybridized carbons (Fsp3) is 0.647. The number of nitrogens with two attached hydrogens (primary N) is 1. The third kappa shape index (κ3) is 2.88. The molecule has 0 saturated heterocycles. The molecular weight excluding hydrogens is 256 g/mol. The van der Waals surface area contributed by atoms with Crippen molar-refractivity contribution >= 4 is 0 Å². The van der Waals surface area contributed by atoms with E-state index in [9.17, 15) is 8.78 Å². The maximum atomic E-state index is 13.2. The van der Waals surface area contributed by atoms with Crippen LogP contribution in [-0.4, -0.2) is 5.92 Å². The zero-order valence-corrected chi connectivity index (χ0v) is 11.8. The fourth-order valence-electron chi connectivity index (χ4n) is 3.46. The first kappa shape index (κ1) is 14.0. The first-order valence-electron chi connectivity index (χ1n) is 7.78. The lowest BCUT2D eigenvalue weighted by Gasteiger charge is -2.33. The van der Waals surface area contributed by atoms with Crippen LogP contribution >= 0.6 is 0 Å². The predicted molar refractivity (Wildman–Crippen MR) is 76.9 cm³/mol. The second-order valence-corrected chi connectivity index (χ2v) is 6.52. The smallest absolute Gasteiger partial charge is 0.248 e. The van der Waals surface area contributed by atoms with E-state index in [1.807, 2.05) is 0 Å². The van der Waals surface area contributed by atoms with Gasteiger partial charge in [0.25, 0.3) is 0 Å². The number of hydrogen-bond donors (Lipinski definition) is 1. The summed E-state index contributed by atoms with van der Waals surface area (Å²) in [6, 6.07) is 8.42. The van der Waals surface area contributed by atoms with Crippen molar-refractivity contribution in [2.75, 3.05) is 0 Å². The lowest BCUT2D eigenvalue weighted by Crippen LogP contribution is -2.31. The van der Waals surface area contributed by atoms with E-state index in [2.05, 4.69) is 24.3 Å². The van der Waals surface area contributed by atoms with Crippen LogP contribution in [0.5, 0.6) is 0 Å². The van der Waals surface area contributed by atoms with Crippen molar-refractivity contribution in [3.63, 3.8) is 0 Å². The molecule has 110 valence electrons. The molecule has 0 bridgehead atoms. The first-order valence-corrected chi connectivity index (χ1v) is 7.78. The van der Waals surface area contributed by atoms with E-state index in [4.69, 9.17) is 5.73 Å². The number of halogens is 2. The van der Waals surface area contributed by atoms with Crippen LogP contribution in [0, 0.1) is 5.92 Å². The van der Waals surface area contributed by atoms with Crippen molar-refractivity contribution in [1.82, 2.24) is 0 Å². The second-order valence-electron chi connectivity index (χ2n) is 6.52. The number of rotatable bonds is 3. The molecule has 3 rings (SSSR count). The molecule has 2 fully saturated rings. The van der Waals surface area contributed by atoms with Gasteiger partial charge in [-0.25, -0.2) is 8.78 Å². The lowest BCUT2D eigenvalue weighted by molar-refractivity contribution is -0.0483. The predicted octanol–water partition coefficient (Wildman–Crippen LogP) is 4.78. The Kier molecular flexibility index (Phi) is 3.80. The number of benzene rings is 1.